The SMILES string of the molecule is CCn1nnc(C(C)CN)c1C. The molecule has 0 spiro atoms. The molecular formula is C8H16N4. The zero-order valence-electron chi connectivity index (χ0n) is 7.91. The standard InChI is InChI=1S/C8H16N4/c1-4-12-7(3)8(10-11-12)6(2)5-9/h6H,4-5,9H2,1-3H3. The maximum absolute atomic E-state index is 5.55. The van der Waals surface area contributed by atoms with Crippen molar-refractivity contribution in [3.63, 3.8) is 0 Å². The molecule has 0 radical (unpaired) electrons. The molecule has 2 N–H and O–H groups in total. The first-order chi connectivity index (χ1) is 5.70. The first-order valence-electron chi connectivity index (χ1n) is 4.30. The summed E-state index contributed by atoms with van der Waals surface area (Å²) in [5.74, 6) is 0.310. The molecule has 4 nitrogen and oxygen atoms in total. The Morgan fingerprint density at radius 3 is 2.67 bits per heavy atom. The van der Waals surface area contributed by atoms with Crippen LogP contribution in [0, 0.1) is 6.92 Å². The molecule has 0 aromatic carbocycles. The predicted molar refractivity (Wildman–Crippen MR) is 47.9 cm³/mol. The third-order valence-electron chi connectivity index (χ3n) is 2.14. The number of hydrogen-bond acceptors (Lipinski definition) is 3. The Morgan fingerprint density at radius 1 is 1.58 bits per heavy atom. The molecule has 68 valence electrons. The van der Waals surface area contributed by atoms with E-state index in [9.17, 15) is 0 Å². The van der Waals surface area contributed by atoms with Crippen LogP contribution in [-0.2, 0) is 6.54 Å². The van der Waals surface area contributed by atoms with Gasteiger partial charge in [-0.1, -0.05) is 12.1 Å². The van der Waals surface area contributed by atoms with E-state index in [-0.39, 0.29) is 0 Å². The Labute approximate surface area is 72.8 Å². The highest BCUT2D eigenvalue weighted by molar-refractivity contribution is 5.12. The number of nitrogens with zero attached hydrogens (tertiary/aromatic N) is 3. The van der Waals surface area contributed by atoms with Gasteiger partial charge < -0.3 is 5.73 Å². The molecule has 12 heavy (non-hydrogen) atoms. The number of aryl methyl sites for hydroxylation is 1. The van der Waals surface area contributed by atoms with Gasteiger partial charge in [0.15, 0.2) is 0 Å². The van der Waals surface area contributed by atoms with E-state index in [1.54, 1.807) is 0 Å². The summed E-state index contributed by atoms with van der Waals surface area (Å²) in [5, 5.41) is 8.10. The van der Waals surface area contributed by atoms with Crippen molar-refractivity contribution >= 4 is 0 Å². The van der Waals surface area contributed by atoms with Crippen molar-refractivity contribution in [2.24, 2.45) is 5.73 Å². The third kappa shape index (κ3) is 1.48. The van der Waals surface area contributed by atoms with Gasteiger partial charge in [0.05, 0.1) is 11.4 Å². The van der Waals surface area contributed by atoms with Crippen LogP contribution in [0.4, 0.5) is 0 Å². The summed E-state index contributed by atoms with van der Waals surface area (Å²) in [4.78, 5) is 0. The lowest BCUT2D eigenvalue weighted by atomic mass is 10.1. The number of rotatable bonds is 3. The maximum Gasteiger partial charge on any atom is 0.0896 e. The van der Waals surface area contributed by atoms with Gasteiger partial charge in [-0.2, -0.15) is 0 Å². The van der Waals surface area contributed by atoms with Crippen molar-refractivity contribution in [2.45, 2.75) is 33.2 Å². The molecule has 1 rings (SSSR count). The first kappa shape index (κ1) is 9.19. The molecule has 1 heterocycles. The van der Waals surface area contributed by atoms with E-state index < -0.39 is 0 Å². The lowest BCUT2D eigenvalue weighted by molar-refractivity contribution is 0.611. The zero-order valence-corrected chi connectivity index (χ0v) is 7.91. The minimum absolute atomic E-state index is 0.310. The second kappa shape index (κ2) is 3.67. The predicted octanol–water partition coefficient (Wildman–Crippen LogP) is 0.669. The molecule has 1 aromatic heterocycles. The molecule has 0 fully saturated rings. The summed E-state index contributed by atoms with van der Waals surface area (Å²) >= 11 is 0. The summed E-state index contributed by atoms with van der Waals surface area (Å²) < 4.78 is 1.89. The van der Waals surface area contributed by atoms with Gasteiger partial charge >= 0.3 is 0 Å². The topological polar surface area (TPSA) is 56.7 Å². The van der Waals surface area contributed by atoms with E-state index in [1.165, 1.54) is 0 Å². The van der Waals surface area contributed by atoms with Gasteiger partial charge in [-0.25, -0.2) is 4.68 Å². The van der Waals surface area contributed by atoms with E-state index in [0.717, 1.165) is 17.9 Å². The summed E-state index contributed by atoms with van der Waals surface area (Å²) in [6.45, 7) is 7.65. The maximum atomic E-state index is 5.55. The molecule has 0 aliphatic rings. The molecule has 0 bridgehead atoms. The third-order valence-corrected chi connectivity index (χ3v) is 2.14. The van der Waals surface area contributed by atoms with E-state index >= 15 is 0 Å². The molecule has 4 heteroatoms. The number of nitrogens with two attached hydrogens (primary N) is 1. The molecule has 0 amide bonds. The van der Waals surface area contributed by atoms with E-state index in [1.807, 2.05) is 11.6 Å². The van der Waals surface area contributed by atoms with Crippen molar-refractivity contribution in [3.05, 3.63) is 11.4 Å². The van der Waals surface area contributed by atoms with Crippen LogP contribution in [0.1, 0.15) is 31.2 Å². The van der Waals surface area contributed by atoms with Crippen LogP contribution < -0.4 is 5.73 Å². The summed E-state index contributed by atoms with van der Waals surface area (Å²) in [6, 6.07) is 0. The van der Waals surface area contributed by atoms with Crippen LogP contribution >= 0.6 is 0 Å². The van der Waals surface area contributed by atoms with E-state index in [4.69, 9.17) is 5.73 Å². The Kier molecular flexibility index (Phi) is 2.81. The second-order valence-corrected chi connectivity index (χ2v) is 3.01. The highest BCUT2D eigenvalue weighted by atomic mass is 15.4. The van der Waals surface area contributed by atoms with Gasteiger partial charge in [0.2, 0.25) is 0 Å². The van der Waals surface area contributed by atoms with Crippen molar-refractivity contribution in [1.29, 1.82) is 0 Å². The Bertz CT molecular complexity index is 254. The van der Waals surface area contributed by atoms with Gasteiger partial charge in [0.1, 0.15) is 0 Å². The first-order valence-corrected chi connectivity index (χ1v) is 4.30. The smallest absolute Gasteiger partial charge is 0.0896 e. The molecule has 1 unspecified atom stereocenters. The quantitative estimate of drug-likeness (QED) is 0.721. The van der Waals surface area contributed by atoms with E-state index in [0.29, 0.717) is 12.5 Å². The van der Waals surface area contributed by atoms with Crippen LogP contribution in [0.15, 0.2) is 0 Å². The van der Waals surface area contributed by atoms with Crippen molar-refractivity contribution in [2.75, 3.05) is 6.54 Å². The molecular weight excluding hydrogens is 152 g/mol. The average molecular weight is 168 g/mol. The highest BCUT2D eigenvalue weighted by Gasteiger charge is 2.12. The zero-order chi connectivity index (χ0) is 9.14. The monoisotopic (exact) mass is 168 g/mol. The largest absolute Gasteiger partial charge is 0.330 e. The van der Waals surface area contributed by atoms with Gasteiger partial charge in [-0.15, -0.1) is 5.10 Å². The van der Waals surface area contributed by atoms with Gasteiger partial charge in [-0.3, -0.25) is 0 Å². The van der Waals surface area contributed by atoms with Crippen molar-refractivity contribution < 1.29 is 0 Å². The Morgan fingerprint density at radius 2 is 2.25 bits per heavy atom. The second-order valence-electron chi connectivity index (χ2n) is 3.01. The van der Waals surface area contributed by atoms with E-state index in [2.05, 4.69) is 24.2 Å². The molecule has 1 aromatic rings. The van der Waals surface area contributed by atoms with Crippen molar-refractivity contribution in [3.8, 4) is 0 Å². The molecule has 1 atom stereocenters. The average Bonchev–Trinajstić information content (AvgIpc) is 2.45. The minimum atomic E-state index is 0.310. The van der Waals surface area contributed by atoms with Crippen LogP contribution in [0.2, 0.25) is 0 Å². The Hall–Kier alpha value is -0.900. The van der Waals surface area contributed by atoms with Gasteiger partial charge in [-0.05, 0) is 13.8 Å². The highest BCUT2D eigenvalue weighted by Crippen LogP contribution is 2.14. The normalized spacial score (nSPS) is 13.3. The van der Waals surface area contributed by atoms with Gasteiger partial charge in [0, 0.05) is 19.0 Å². The van der Waals surface area contributed by atoms with Crippen LogP contribution in [0.3, 0.4) is 0 Å². The molecule has 0 aliphatic heterocycles. The Balaban J connectivity index is 2.93. The summed E-state index contributed by atoms with van der Waals surface area (Å²) in [5.41, 5.74) is 7.71. The minimum Gasteiger partial charge on any atom is -0.330 e. The van der Waals surface area contributed by atoms with Crippen LogP contribution in [0.25, 0.3) is 0 Å². The molecule has 0 aliphatic carbocycles. The fraction of sp³-hybridized carbons (Fsp3) is 0.750. The number of aromatic nitrogens is 3. The fourth-order valence-corrected chi connectivity index (χ4v) is 1.24. The fourth-order valence-electron chi connectivity index (χ4n) is 1.24. The van der Waals surface area contributed by atoms with Gasteiger partial charge in [0.25, 0.3) is 0 Å². The lowest BCUT2D eigenvalue weighted by Gasteiger charge is -2.05. The molecule has 0 saturated heterocycles. The summed E-state index contributed by atoms with van der Waals surface area (Å²) in [6.07, 6.45) is 0. The number of hydrogen-bond donors (Lipinski definition) is 1. The summed E-state index contributed by atoms with van der Waals surface area (Å²) in [7, 11) is 0. The van der Waals surface area contributed by atoms with Crippen LogP contribution in [-0.4, -0.2) is 21.5 Å². The molecule has 0 saturated carbocycles. The lowest BCUT2D eigenvalue weighted by Crippen LogP contribution is -2.10. The van der Waals surface area contributed by atoms with Crippen LogP contribution in [0.5, 0.6) is 0 Å². The van der Waals surface area contributed by atoms with Crippen molar-refractivity contribution in [1.82, 2.24) is 15.0 Å².